The molecule has 130 valence electrons. The molecule has 0 aliphatic heterocycles. The van der Waals surface area contributed by atoms with Gasteiger partial charge in [-0.05, 0) is 31.2 Å². The van der Waals surface area contributed by atoms with E-state index < -0.39 is 0 Å². The number of rotatable bonds is 4. The Morgan fingerprint density at radius 3 is 3.00 bits per heavy atom. The molecular formula is C16H17ClN6O2. The van der Waals surface area contributed by atoms with Crippen molar-refractivity contribution in [1.29, 1.82) is 0 Å². The van der Waals surface area contributed by atoms with Crippen LogP contribution in [0.4, 0.5) is 11.8 Å². The monoisotopic (exact) mass is 360 g/mol. The lowest BCUT2D eigenvalue weighted by Gasteiger charge is -2.16. The smallest absolute Gasteiger partial charge is 0.229 e. The van der Waals surface area contributed by atoms with Gasteiger partial charge in [0.25, 0.3) is 0 Å². The zero-order valence-corrected chi connectivity index (χ0v) is 14.1. The van der Waals surface area contributed by atoms with E-state index in [0.717, 1.165) is 24.6 Å². The number of hydrogen-bond donors (Lipinski definition) is 3. The summed E-state index contributed by atoms with van der Waals surface area (Å²) >= 11 is 6.33. The third kappa shape index (κ3) is 3.10. The number of halogens is 1. The molecule has 1 aliphatic carbocycles. The maximum Gasteiger partial charge on any atom is 0.229 e. The fourth-order valence-corrected chi connectivity index (χ4v) is 3.52. The van der Waals surface area contributed by atoms with Crippen LogP contribution in [0.3, 0.4) is 0 Å². The highest BCUT2D eigenvalue weighted by Gasteiger charge is 2.27. The van der Waals surface area contributed by atoms with Crippen molar-refractivity contribution in [3.63, 3.8) is 0 Å². The molecule has 0 bridgehead atoms. The summed E-state index contributed by atoms with van der Waals surface area (Å²) in [5.74, 6) is 1.41. The van der Waals surface area contributed by atoms with Crippen molar-refractivity contribution < 1.29 is 9.52 Å². The Morgan fingerprint density at radius 2 is 2.24 bits per heavy atom. The van der Waals surface area contributed by atoms with Crippen LogP contribution in [0.15, 0.2) is 23.0 Å². The van der Waals surface area contributed by atoms with Gasteiger partial charge in [-0.1, -0.05) is 11.6 Å². The summed E-state index contributed by atoms with van der Waals surface area (Å²) in [5, 5.41) is 13.7. The van der Waals surface area contributed by atoms with E-state index in [4.69, 9.17) is 21.8 Å². The Bertz CT molecular complexity index is 882. The first kappa shape index (κ1) is 16.0. The van der Waals surface area contributed by atoms with Crippen molar-refractivity contribution in [1.82, 2.24) is 19.9 Å². The van der Waals surface area contributed by atoms with E-state index in [1.165, 1.54) is 6.33 Å². The molecule has 2 atom stereocenters. The van der Waals surface area contributed by atoms with Crippen molar-refractivity contribution in [2.24, 2.45) is 5.92 Å². The molecule has 25 heavy (non-hydrogen) atoms. The van der Waals surface area contributed by atoms with Gasteiger partial charge in [0.15, 0.2) is 0 Å². The van der Waals surface area contributed by atoms with Gasteiger partial charge in [-0.2, -0.15) is 4.98 Å². The van der Waals surface area contributed by atoms with Gasteiger partial charge in [0.2, 0.25) is 11.7 Å². The van der Waals surface area contributed by atoms with Crippen LogP contribution in [0.2, 0.25) is 5.15 Å². The predicted octanol–water partition coefficient (Wildman–Crippen LogP) is 2.49. The second kappa shape index (κ2) is 6.45. The Kier molecular flexibility index (Phi) is 4.14. The lowest BCUT2D eigenvalue weighted by Crippen LogP contribution is -2.18. The number of aromatic nitrogens is 4. The number of fused-ring (bicyclic) bond motifs is 1. The first-order valence-corrected chi connectivity index (χ1v) is 8.42. The molecule has 0 spiro atoms. The van der Waals surface area contributed by atoms with Crippen LogP contribution in [0.25, 0.3) is 22.4 Å². The molecule has 0 aromatic carbocycles. The van der Waals surface area contributed by atoms with Crippen LogP contribution >= 0.6 is 11.6 Å². The number of nitrogens with zero attached hydrogens (tertiary/aromatic N) is 4. The largest absolute Gasteiger partial charge is 0.437 e. The number of nitrogens with one attached hydrogen (secondary N) is 1. The number of nitrogen functional groups attached to an aromatic ring is 1. The SMILES string of the molecule is Nc1nc(Cl)c(-c2cc3cncnc3o2)c(NC2CC[C@@H](CO)C2)n1. The van der Waals surface area contributed by atoms with Crippen LogP contribution in [0.1, 0.15) is 19.3 Å². The summed E-state index contributed by atoms with van der Waals surface area (Å²) in [6, 6.07) is 1.98. The molecular weight excluding hydrogens is 344 g/mol. The average molecular weight is 361 g/mol. The van der Waals surface area contributed by atoms with E-state index >= 15 is 0 Å². The Balaban J connectivity index is 1.73. The lowest BCUT2D eigenvalue weighted by atomic mass is 10.1. The van der Waals surface area contributed by atoms with E-state index in [1.54, 1.807) is 12.3 Å². The summed E-state index contributed by atoms with van der Waals surface area (Å²) in [6.07, 6.45) is 5.86. The summed E-state index contributed by atoms with van der Waals surface area (Å²) in [5.41, 5.74) is 6.78. The molecule has 0 radical (unpaired) electrons. The van der Waals surface area contributed by atoms with Crippen molar-refractivity contribution >= 4 is 34.5 Å². The molecule has 1 fully saturated rings. The minimum Gasteiger partial charge on any atom is -0.437 e. The maximum atomic E-state index is 9.33. The van der Waals surface area contributed by atoms with Gasteiger partial charge < -0.3 is 20.6 Å². The Hall–Kier alpha value is -2.45. The van der Waals surface area contributed by atoms with E-state index in [-0.39, 0.29) is 23.8 Å². The zero-order chi connectivity index (χ0) is 17.4. The minimum absolute atomic E-state index is 0.0869. The van der Waals surface area contributed by atoms with Crippen LogP contribution in [-0.2, 0) is 0 Å². The normalized spacial score (nSPS) is 20.2. The Morgan fingerprint density at radius 1 is 1.36 bits per heavy atom. The van der Waals surface area contributed by atoms with Gasteiger partial charge in [-0.15, -0.1) is 0 Å². The van der Waals surface area contributed by atoms with E-state index in [0.29, 0.717) is 28.8 Å². The molecule has 1 aliphatic rings. The quantitative estimate of drug-likeness (QED) is 0.606. The molecule has 3 aromatic heterocycles. The molecule has 3 aromatic rings. The van der Waals surface area contributed by atoms with E-state index in [2.05, 4.69) is 25.3 Å². The number of hydrogen-bond acceptors (Lipinski definition) is 8. The van der Waals surface area contributed by atoms with Crippen molar-refractivity contribution in [2.45, 2.75) is 25.3 Å². The van der Waals surface area contributed by atoms with Gasteiger partial charge in [0.05, 0.1) is 10.9 Å². The summed E-state index contributed by atoms with van der Waals surface area (Å²) in [4.78, 5) is 16.4. The fraction of sp³-hybridized carbons (Fsp3) is 0.375. The van der Waals surface area contributed by atoms with Crippen molar-refractivity contribution in [3.05, 3.63) is 23.7 Å². The highest BCUT2D eigenvalue weighted by molar-refractivity contribution is 6.32. The molecule has 4 rings (SSSR count). The highest BCUT2D eigenvalue weighted by atomic mass is 35.5. The Labute approximate surface area is 148 Å². The van der Waals surface area contributed by atoms with Crippen molar-refractivity contribution in [2.75, 3.05) is 17.7 Å². The predicted molar refractivity (Wildman–Crippen MR) is 94.1 cm³/mol. The van der Waals surface area contributed by atoms with E-state index in [9.17, 15) is 5.11 Å². The molecule has 3 heterocycles. The first-order valence-electron chi connectivity index (χ1n) is 8.04. The van der Waals surface area contributed by atoms with Gasteiger partial charge >= 0.3 is 0 Å². The van der Waals surface area contributed by atoms with Crippen molar-refractivity contribution in [3.8, 4) is 11.3 Å². The summed E-state index contributed by atoms with van der Waals surface area (Å²) < 4.78 is 5.79. The van der Waals surface area contributed by atoms with Crippen LogP contribution in [0, 0.1) is 5.92 Å². The number of anilines is 2. The maximum absolute atomic E-state index is 9.33. The number of furan rings is 1. The number of aliphatic hydroxyl groups is 1. The third-order valence-electron chi connectivity index (χ3n) is 4.46. The first-order chi connectivity index (χ1) is 12.1. The minimum atomic E-state index is 0.0869. The summed E-state index contributed by atoms with van der Waals surface area (Å²) in [6.45, 7) is 0.194. The third-order valence-corrected chi connectivity index (χ3v) is 4.74. The van der Waals surface area contributed by atoms with Crippen LogP contribution in [0.5, 0.6) is 0 Å². The van der Waals surface area contributed by atoms with Gasteiger partial charge in [0, 0.05) is 18.8 Å². The molecule has 9 heteroatoms. The second-order valence-electron chi connectivity index (χ2n) is 6.19. The van der Waals surface area contributed by atoms with Crippen LogP contribution < -0.4 is 11.1 Å². The fourth-order valence-electron chi connectivity index (χ4n) is 3.25. The average Bonchev–Trinajstić information content (AvgIpc) is 3.20. The molecule has 1 unspecified atom stereocenters. The molecule has 4 N–H and O–H groups in total. The molecule has 0 amide bonds. The molecule has 8 nitrogen and oxygen atoms in total. The van der Waals surface area contributed by atoms with Crippen LogP contribution in [-0.4, -0.2) is 37.7 Å². The summed E-state index contributed by atoms with van der Waals surface area (Å²) in [7, 11) is 0. The topological polar surface area (TPSA) is 123 Å². The second-order valence-corrected chi connectivity index (χ2v) is 6.55. The standard InChI is InChI=1S/C16H17ClN6O2/c17-13-12(11-4-9-5-19-7-20-15(9)25-11)14(23-16(18)22-13)21-10-2-1-8(3-10)6-24/h4-5,7-8,10,24H,1-3,6H2,(H3,18,21,22,23)/t8-,10?/m1/s1. The molecule has 0 saturated heterocycles. The lowest BCUT2D eigenvalue weighted by molar-refractivity contribution is 0.229. The number of aliphatic hydroxyl groups excluding tert-OH is 1. The molecule has 1 saturated carbocycles. The van der Waals surface area contributed by atoms with Gasteiger partial charge in [-0.25, -0.2) is 15.0 Å². The van der Waals surface area contributed by atoms with Gasteiger partial charge in [0.1, 0.15) is 23.1 Å². The van der Waals surface area contributed by atoms with Gasteiger partial charge in [-0.3, -0.25) is 0 Å². The highest BCUT2D eigenvalue weighted by Crippen LogP contribution is 2.37. The van der Waals surface area contributed by atoms with E-state index in [1.807, 2.05) is 0 Å². The number of nitrogens with two attached hydrogens (primary N) is 1. The zero-order valence-electron chi connectivity index (χ0n) is 13.3.